The van der Waals surface area contributed by atoms with Gasteiger partial charge in [-0.3, -0.25) is 14.4 Å². The highest BCUT2D eigenvalue weighted by Crippen LogP contribution is 2.65. The molecule has 3 fully saturated rings. The topological polar surface area (TPSA) is 96.4 Å². The van der Waals surface area contributed by atoms with Crippen molar-refractivity contribution in [3.63, 3.8) is 0 Å². The Kier molecular flexibility index (Phi) is 7.55. The molecule has 1 aromatic carbocycles. The number of amides is 2. The molecule has 3 unspecified atom stereocenters. The summed E-state index contributed by atoms with van der Waals surface area (Å²) in [6.45, 7) is 13.8. The van der Waals surface area contributed by atoms with Gasteiger partial charge in [-0.25, -0.2) is 0 Å². The van der Waals surface area contributed by atoms with E-state index in [1.54, 1.807) is 17.9 Å². The third-order valence-corrected chi connectivity index (χ3v) is 8.72. The van der Waals surface area contributed by atoms with Crippen LogP contribution in [0.2, 0.25) is 0 Å². The lowest BCUT2D eigenvalue weighted by atomic mass is 9.62. The predicted octanol–water partition coefficient (Wildman–Crippen LogP) is 2.79. The highest BCUT2D eigenvalue weighted by Gasteiger charge is 2.80. The normalized spacial score (nSPS) is 32.9. The summed E-state index contributed by atoms with van der Waals surface area (Å²) in [4.78, 5) is 45.2. The highest BCUT2D eigenvalue weighted by molar-refractivity contribution is 5.98. The number of hydrogen-bond donors (Lipinski definition) is 1. The second-order valence-electron chi connectivity index (χ2n) is 11.2. The van der Waals surface area contributed by atoms with Crippen molar-refractivity contribution in [1.82, 2.24) is 9.80 Å². The van der Waals surface area contributed by atoms with Gasteiger partial charge < -0.3 is 24.4 Å². The van der Waals surface area contributed by atoms with Crippen LogP contribution < -0.4 is 0 Å². The van der Waals surface area contributed by atoms with Gasteiger partial charge in [-0.05, 0) is 37.7 Å². The van der Waals surface area contributed by atoms with Crippen molar-refractivity contribution in [2.75, 3.05) is 19.8 Å². The molecule has 4 rings (SSSR count). The number of hydrogen-bond acceptors (Lipinski definition) is 6. The molecule has 2 amide bonds. The Hall–Kier alpha value is -2.71. The van der Waals surface area contributed by atoms with Gasteiger partial charge in [0.25, 0.3) is 0 Å². The molecule has 0 aromatic heterocycles. The number of fused-ring (bicyclic) bond motifs is 1. The minimum atomic E-state index is -1.18. The van der Waals surface area contributed by atoms with Gasteiger partial charge in [-0.15, -0.1) is 6.58 Å². The molecule has 1 aromatic rings. The predicted molar refractivity (Wildman–Crippen MR) is 138 cm³/mol. The summed E-state index contributed by atoms with van der Waals surface area (Å²) in [6, 6.07) is 8.08. The highest BCUT2D eigenvalue weighted by atomic mass is 16.6. The van der Waals surface area contributed by atoms with Gasteiger partial charge in [0, 0.05) is 13.1 Å². The first-order valence-corrected chi connectivity index (χ1v) is 13.3. The molecule has 8 nitrogen and oxygen atoms in total. The Morgan fingerprint density at radius 1 is 1.32 bits per heavy atom. The summed E-state index contributed by atoms with van der Waals surface area (Å²) in [5.74, 6) is -2.92. The maximum Gasteiger partial charge on any atom is 0.312 e. The molecule has 0 radical (unpaired) electrons. The molecule has 202 valence electrons. The summed E-state index contributed by atoms with van der Waals surface area (Å²) in [6.07, 6.45) is 2.13. The standard InChI is InChI=1S/C29H40N2O6/c1-7-14-30(16-20-12-10-9-11-13-20)26(34)24-29-15-19(5)28(6,37-29)23(27(35)36-8-2)22(29)25(33)31(24)21(17-32)18(3)4/h7,9-13,18-19,21-24,32H,1,8,14-17H2,2-6H3/t19?,21-,22-,23+,24?,28-,29?/m0/s1. The molecule has 37 heavy (non-hydrogen) atoms. The van der Waals surface area contributed by atoms with Crippen molar-refractivity contribution < 1.29 is 29.0 Å². The third kappa shape index (κ3) is 4.18. The number of ether oxygens (including phenoxy) is 2. The molecule has 0 aliphatic carbocycles. The molecule has 3 saturated heterocycles. The van der Waals surface area contributed by atoms with Crippen molar-refractivity contribution in [2.24, 2.45) is 23.7 Å². The van der Waals surface area contributed by atoms with Crippen molar-refractivity contribution in [1.29, 1.82) is 0 Å². The third-order valence-electron chi connectivity index (χ3n) is 8.72. The van der Waals surface area contributed by atoms with E-state index in [4.69, 9.17) is 9.47 Å². The first-order valence-electron chi connectivity index (χ1n) is 13.3. The van der Waals surface area contributed by atoms with Gasteiger partial charge >= 0.3 is 5.97 Å². The molecule has 3 aliphatic rings. The van der Waals surface area contributed by atoms with Gasteiger partial charge in [-0.2, -0.15) is 0 Å². The van der Waals surface area contributed by atoms with Gasteiger partial charge in [0.15, 0.2) is 0 Å². The summed E-state index contributed by atoms with van der Waals surface area (Å²) >= 11 is 0. The Morgan fingerprint density at radius 3 is 2.57 bits per heavy atom. The van der Waals surface area contributed by atoms with Crippen LogP contribution in [0.15, 0.2) is 43.0 Å². The quantitative estimate of drug-likeness (QED) is 0.383. The van der Waals surface area contributed by atoms with Crippen LogP contribution in [0, 0.1) is 23.7 Å². The fourth-order valence-corrected chi connectivity index (χ4v) is 6.89. The Labute approximate surface area is 219 Å². The Bertz CT molecular complexity index is 1040. The van der Waals surface area contributed by atoms with Crippen LogP contribution >= 0.6 is 0 Å². The SMILES string of the molecule is C=CCN(Cc1ccccc1)C(=O)C1N([C@@H](CO)C(C)C)C(=O)[C@@H]2[C@H](C(=O)OCC)[C@@]3(C)OC12CC3C. The first-order chi connectivity index (χ1) is 17.6. The Morgan fingerprint density at radius 2 is 2.00 bits per heavy atom. The molecule has 8 heteroatoms. The van der Waals surface area contributed by atoms with Crippen LogP contribution in [-0.2, 0) is 30.4 Å². The van der Waals surface area contributed by atoms with Gasteiger partial charge in [0.05, 0.1) is 30.8 Å². The number of rotatable bonds is 10. The van der Waals surface area contributed by atoms with Crippen LogP contribution in [0.4, 0.5) is 0 Å². The van der Waals surface area contributed by atoms with E-state index in [9.17, 15) is 19.5 Å². The lowest BCUT2D eigenvalue weighted by Gasteiger charge is -2.40. The van der Waals surface area contributed by atoms with Crippen molar-refractivity contribution >= 4 is 17.8 Å². The number of esters is 1. The molecule has 0 saturated carbocycles. The van der Waals surface area contributed by atoms with E-state index in [-0.39, 0.29) is 43.4 Å². The fourth-order valence-electron chi connectivity index (χ4n) is 6.89. The molecule has 1 N–H and O–H groups in total. The van der Waals surface area contributed by atoms with E-state index in [1.165, 1.54) is 4.90 Å². The van der Waals surface area contributed by atoms with E-state index in [1.807, 2.05) is 58.0 Å². The van der Waals surface area contributed by atoms with Gasteiger partial charge in [0.2, 0.25) is 11.8 Å². The second kappa shape index (κ2) is 10.2. The summed E-state index contributed by atoms with van der Waals surface area (Å²) in [5, 5.41) is 10.4. The fraction of sp³-hybridized carbons (Fsp3) is 0.621. The van der Waals surface area contributed by atoms with Crippen LogP contribution in [-0.4, -0.2) is 75.7 Å². The van der Waals surface area contributed by atoms with Crippen LogP contribution in [0.25, 0.3) is 0 Å². The minimum Gasteiger partial charge on any atom is -0.466 e. The van der Waals surface area contributed by atoms with E-state index in [0.717, 1.165) is 5.56 Å². The molecule has 1 spiro atoms. The molecule has 3 heterocycles. The minimum absolute atomic E-state index is 0.0742. The number of carbonyl (C=O) groups is 3. The molecule has 2 bridgehead atoms. The molecule has 7 atom stereocenters. The number of nitrogens with zero attached hydrogens (tertiary/aromatic N) is 2. The number of benzene rings is 1. The number of aliphatic hydroxyl groups is 1. The number of aliphatic hydroxyl groups excluding tert-OH is 1. The van der Waals surface area contributed by atoms with Crippen molar-refractivity contribution in [3.05, 3.63) is 48.6 Å². The molecular formula is C29H40N2O6. The van der Waals surface area contributed by atoms with E-state index in [2.05, 4.69) is 6.58 Å². The van der Waals surface area contributed by atoms with Crippen molar-refractivity contribution in [2.45, 2.75) is 70.9 Å². The largest absolute Gasteiger partial charge is 0.466 e. The average Bonchev–Trinajstić information content (AvgIpc) is 3.37. The lowest BCUT2D eigenvalue weighted by molar-refractivity contribution is -0.164. The molecule has 3 aliphatic heterocycles. The number of likely N-dealkylation sites (tertiary alicyclic amines) is 1. The number of carbonyl (C=O) groups excluding carboxylic acids is 3. The summed E-state index contributed by atoms with van der Waals surface area (Å²) < 4.78 is 12.2. The summed E-state index contributed by atoms with van der Waals surface area (Å²) in [7, 11) is 0. The monoisotopic (exact) mass is 512 g/mol. The van der Waals surface area contributed by atoms with E-state index < -0.39 is 41.1 Å². The zero-order valence-electron chi connectivity index (χ0n) is 22.6. The smallest absolute Gasteiger partial charge is 0.312 e. The van der Waals surface area contributed by atoms with E-state index in [0.29, 0.717) is 13.0 Å². The average molecular weight is 513 g/mol. The lowest BCUT2D eigenvalue weighted by Crippen LogP contribution is -2.59. The van der Waals surface area contributed by atoms with Gasteiger partial charge in [0.1, 0.15) is 17.6 Å². The van der Waals surface area contributed by atoms with Crippen LogP contribution in [0.3, 0.4) is 0 Å². The maximum atomic E-state index is 14.5. The summed E-state index contributed by atoms with van der Waals surface area (Å²) in [5.41, 5.74) is -1.16. The zero-order valence-corrected chi connectivity index (χ0v) is 22.6. The zero-order chi connectivity index (χ0) is 27.1. The second-order valence-corrected chi connectivity index (χ2v) is 11.2. The Balaban J connectivity index is 1.84. The molecular weight excluding hydrogens is 472 g/mol. The van der Waals surface area contributed by atoms with Crippen molar-refractivity contribution in [3.8, 4) is 0 Å². The maximum absolute atomic E-state index is 14.5. The first kappa shape index (κ1) is 27.3. The van der Waals surface area contributed by atoms with E-state index >= 15 is 0 Å². The van der Waals surface area contributed by atoms with Crippen LogP contribution in [0.5, 0.6) is 0 Å². The van der Waals surface area contributed by atoms with Gasteiger partial charge in [-0.1, -0.05) is 57.2 Å². The van der Waals surface area contributed by atoms with Crippen LogP contribution in [0.1, 0.15) is 46.6 Å².